The van der Waals surface area contributed by atoms with E-state index in [1.807, 2.05) is 74.5 Å². The molecule has 0 spiro atoms. The van der Waals surface area contributed by atoms with E-state index in [1.54, 1.807) is 12.1 Å². The zero-order valence-electron chi connectivity index (χ0n) is 18.0. The minimum Gasteiger partial charge on any atom is -0.489 e. The summed E-state index contributed by atoms with van der Waals surface area (Å²) in [6.07, 6.45) is 0.210. The van der Waals surface area contributed by atoms with Crippen molar-refractivity contribution in [3.8, 4) is 5.75 Å². The molecule has 5 heteroatoms. The average Bonchev–Trinajstić information content (AvgIpc) is 2.75. The molecule has 1 N–H and O–H groups in total. The van der Waals surface area contributed by atoms with Crippen LogP contribution in [0.4, 0.5) is 0 Å². The fourth-order valence-corrected chi connectivity index (χ4v) is 3.52. The van der Waals surface area contributed by atoms with Crippen LogP contribution in [0.2, 0.25) is 0 Å². The van der Waals surface area contributed by atoms with Crippen LogP contribution in [0.25, 0.3) is 0 Å². The first-order valence-electron chi connectivity index (χ1n) is 10.2. The number of aliphatic carboxylic acids is 1. The quantitative estimate of drug-likeness (QED) is 0.579. The molecule has 0 radical (unpaired) electrons. The molecule has 1 atom stereocenters. The summed E-state index contributed by atoms with van der Waals surface area (Å²) in [7, 11) is 1.54. The minimum atomic E-state index is -1.04. The van der Waals surface area contributed by atoms with Crippen LogP contribution in [-0.4, -0.2) is 35.0 Å². The maximum absolute atomic E-state index is 12.9. The second kappa shape index (κ2) is 9.94. The van der Waals surface area contributed by atoms with Crippen molar-refractivity contribution in [3.63, 3.8) is 0 Å². The summed E-state index contributed by atoms with van der Waals surface area (Å²) in [5.74, 6) is -0.634. The van der Waals surface area contributed by atoms with Crippen molar-refractivity contribution >= 4 is 11.9 Å². The summed E-state index contributed by atoms with van der Waals surface area (Å²) < 4.78 is 5.78. The molecule has 1 amide bonds. The molecule has 0 aliphatic carbocycles. The van der Waals surface area contributed by atoms with Crippen LogP contribution < -0.4 is 4.74 Å². The molecular formula is C26H27NO4. The Bertz CT molecular complexity index is 1020. The minimum absolute atomic E-state index is 0.210. The largest absolute Gasteiger partial charge is 0.489 e. The molecule has 31 heavy (non-hydrogen) atoms. The van der Waals surface area contributed by atoms with Crippen LogP contribution >= 0.6 is 0 Å². The Morgan fingerprint density at radius 1 is 0.903 bits per heavy atom. The van der Waals surface area contributed by atoms with Crippen LogP contribution in [0.15, 0.2) is 72.8 Å². The van der Waals surface area contributed by atoms with Gasteiger partial charge < -0.3 is 14.7 Å². The summed E-state index contributed by atoms with van der Waals surface area (Å²) in [6.45, 7) is 4.30. The van der Waals surface area contributed by atoms with Crippen LogP contribution in [0.5, 0.6) is 5.75 Å². The second-order valence-corrected chi connectivity index (χ2v) is 7.77. The number of likely N-dealkylation sites (N-methyl/N-ethyl adjacent to an activating group) is 1. The van der Waals surface area contributed by atoms with E-state index in [1.165, 1.54) is 11.9 Å². The Kier molecular flexibility index (Phi) is 7.08. The average molecular weight is 418 g/mol. The highest BCUT2D eigenvalue weighted by atomic mass is 16.5. The maximum atomic E-state index is 12.9. The first-order chi connectivity index (χ1) is 14.8. The van der Waals surface area contributed by atoms with Gasteiger partial charge in [0.1, 0.15) is 18.4 Å². The highest BCUT2D eigenvalue weighted by molar-refractivity contribution is 5.96. The number of amides is 1. The molecule has 160 valence electrons. The summed E-state index contributed by atoms with van der Waals surface area (Å²) in [5, 5.41) is 9.76. The van der Waals surface area contributed by atoms with Gasteiger partial charge in [-0.2, -0.15) is 0 Å². The molecular weight excluding hydrogens is 390 g/mol. The van der Waals surface area contributed by atoms with Gasteiger partial charge in [0.25, 0.3) is 5.91 Å². The van der Waals surface area contributed by atoms with E-state index in [2.05, 4.69) is 0 Å². The van der Waals surface area contributed by atoms with Gasteiger partial charge in [-0.15, -0.1) is 0 Å². The van der Waals surface area contributed by atoms with E-state index in [4.69, 9.17) is 4.74 Å². The van der Waals surface area contributed by atoms with Gasteiger partial charge in [-0.25, -0.2) is 4.79 Å². The lowest BCUT2D eigenvalue weighted by Crippen LogP contribution is -2.43. The molecule has 0 bridgehead atoms. The van der Waals surface area contributed by atoms with Crippen molar-refractivity contribution < 1.29 is 19.4 Å². The first-order valence-corrected chi connectivity index (χ1v) is 10.2. The SMILES string of the molecule is Cc1cc(C)cc(C(=O)N(C)[C@H](Cc2ccc(OCc3ccccc3)cc2)C(=O)O)c1. The van der Waals surface area contributed by atoms with Gasteiger partial charge >= 0.3 is 5.97 Å². The highest BCUT2D eigenvalue weighted by Gasteiger charge is 2.27. The molecule has 0 aliphatic heterocycles. The third-order valence-corrected chi connectivity index (χ3v) is 5.14. The maximum Gasteiger partial charge on any atom is 0.326 e. The third-order valence-electron chi connectivity index (χ3n) is 5.14. The number of nitrogens with zero attached hydrogens (tertiary/aromatic N) is 1. The molecule has 0 fully saturated rings. The van der Waals surface area contributed by atoms with Crippen LogP contribution in [0.1, 0.15) is 32.6 Å². The third kappa shape index (κ3) is 5.95. The number of rotatable bonds is 8. The predicted molar refractivity (Wildman–Crippen MR) is 120 cm³/mol. The zero-order valence-corrected chi connectivity index (χ0v) is 18.0. The van der Waals surface area contributed by atoms with E-state index >= 15 is 0 Å². The monoisotopic (exact) mass is 417 g/mol. The van der Waals surface area contributed by atoms with Gasteiger partial charge in [0, 0.05) is 19.0 Å². The number of aryl methyl sites for hydroxylation is 2. The second-order valence-electron chi connectivity index (χ2n) is 7.77. The van der Waals surface area contributed by atoms with Gasteiger partial charge in [0.05, 0.1) is 0 Å². The molecule has 0 aromatic heterocycles. The summed E-state index contributed by atoms with van der Waals surface area (Å²) in [4.78, 5) is 26.1. The molecule has 3 rings (SSSR count). The molecule has 0 aliphatic rings. The molecule has 0 unspecified atom stereocenters. The van der Waals surface area contributed by atoms with Gasteiger partial charge in [0.15, 0.2) is 0 Å². The number of carbonyl (C=O) groups is 2. The lowest BCUT2D eigenvalue weighted by atomic mass is 10.0. The Hall–Kier alpha value is -3.60. The van der Waals surface area contributed by atoms with Gasteiger partial charge in [-0.05, 0) is 49.2 Å². The fourth-order valence-electron chi connectivity index (χ4n) is 3.52. The van der Waals surface area contributed by atoms with Crippen molar-refractivity contribution in [1.29, 1.82) is 0 Å². The Morgan fingerprint density at radius 2 is 1.52 bits per heavy atom. The Morgan fingerprint density at radius 3 is 2.10 bits per heavy atom. The van der Waals surface area contributed by atoms with Gasteiger partial charge in [0.2, 0.25) is 0 Å². The van der Waals surface area contributed by atoms with Crippen molar-refractivity contribution in [1.82, 2.24) is 4.90 Å². The van der Waals surface area contributed by atoms with Crippen molar-refractivity contribution in [3.05, 3.63) is 101 Å². The highest BCUT2D eigenvalue weighted by Crippen LogP contribution is 2.18. The number of carboxylic acids is 1. The lowest BCUT2D eigenvalue weighted by Gasteiger charge is -2.25. The van der Waals surface area contributed by atoms with Crippen molar-refractivity contribution in [2.24, 2.45) is 0 Å². The normalized spacial score (nSPS) is 11.6. The van der Waals surface area contributed by atoms with Crippen molar-refractivity contribution in [2.75, 3.05) is 7.05 Å². The molecule has 3 aromatic rings. The van der Waals surface area contributed by atoms with E-state index in [9.17, 15) is 14.7 Å². The number of hydrogen-bond donors (Lipinski definition) is 1. The zero-order chi connectivity index (χ0) is 22.4. The number of hydrogen-bond acceptors (Lipinski definition) is 3. The fraction of sp³-hybridized carbons (Fsp3) is 0.231. The Labute approximate surface area is 182 Å². The van der Waals surface area contributed by atoms with Crippen molar-refractivity contribution in [2.45, 2.75) is 32.9 Å². The van der Waals surface area contributed by atoms with E-state index in [0.717, 1.165) is 22.3 Å². The topological polar surface area (TPSA) is 66.8 Å². The molecule has 0 heterocycles. The summed E-state index contributed by atoms with van der Waals surface area (Å²) in [5.41, 5.74) is 4.32. The van der Waals surface area contributed by atoms with E-state index in [-0.39, 0.29) is 12.3 Å². The van der Waals surface area contributed by atoms with E-state index < -0.39 is 12.0 Å². The van der Waals surface area contributed by atoms with Gasteiger partial charge in [-0.3, -0.25) is 4.79 Å². The number of benzene rings is 3. The lowest BCUT2D eigenvalue weighted by molar-refractivity contribution is -0.141. The molecule has 0 saturated heterocycles. The summed E-state index contributed by atoms with van der Waals surface area (Å²) in [6, 6.07) is 21.8. The summed E-state index contributed by atoms with van der Waals surface area (Å²) >= 11 is 0. The molecule has 5 nitrogen and oxygen atoms in total. The number of carboxylic acid groups (broad SMARTS) is 1. The van der Waals surface area contributed by atoms with Crippen LogP contribution in [-0.2, 0) is 17.8 Å². The standard InChI is InChI=1S/C26H27NO4/c1-18-13-19(2)15-22(14-18)25(28)27(3)24(26(29)30)16-20-9-11-23(12-10-20)31-17-21-7-5-4-6-8-21/h4-15,24H,16-17H2,1-3H3,(H,29,30)/t24-/m1/s1. The number of ether oxygens (including phenoxy) is 1. The smallest absolute Gasteiger partial charge is 0.326 e. The molecule has 3 aromatic carbocycles. The predicted octanol–water partition coefficient (Wildman–Crippen LogP) is 4.65. The van der Waals surface area contributed by atoms with Crippen LogP contribution in [0, 0.1) is 13.8 Å². The number of carbonyl (C=O) groups excluding carboxylic acids is 1. The Balaban J connectivity index is 1.67. The molecule has 0 saturated carbocycles. The van der Waals surface area contributed by atoms with Gasteiger partial charge in [-0.1, -0.05) is 59.7 Å². The first kappa shape index (κ1) is 22.1. The van der Waals surface area contributed by atoms with Crippen LogP contribution in [0.3, 0.4) is 0 Å². The van der Waals surface area contributed by atoms with E-state index in [0.29, 0.717) is 17.9 Å².